The number of ether oxygens (including phenoxy) is 2. The second-order valence-electron chi connectivity index (χ2n) is 7.95. The first-order chi connectivity index (χ1) is 14.2. The van der Waals surface area contributed by atoms with Crippen molar-refractivity contribution in [3.8, 4) is 17.2 Å². The van der Waals surface area contributed by atoms with E-state index in [1.165, 1.54) is 0 Å². The summed E-state index contributed by atoms with van der Waals surface area (Å²) in [5, 5.41) is 0. The summed E-state index contributed by atoms with van der Waals surface area (Å²) in [5.41, 5.74) is -3.57. The molecule has 2 aromatic rings. The van der Waals surface area contributed by atoms with Crippen LogP contribution in [0.3, 0.4) is 0 Å². The van der Waals surface area contributed by atoms with E-state index in [-0.39, 0.29) is 5.46 Å². The first-order valence-corrected chi connectivity index (χ1v) is 9.14. The molecular formula is C20H19BF6O4. The van der Waals surface area contributed by atoms with Gasteiger partial charge in [0.2, 0.25) is 11.6 Å². The van der Waals surface area contributed by atoms with Crippen molar-refractivity contribution in [3.05, 3.63) is 47.3 Å². The monoisotopic (exact) mass is 448 g/mol. The van der Waals surface area contributed by atoms with Crippen molar-refractivity contribution in [2.24, 2.45) is 0 Å². The highest BCUT2D eigenvalue weighted by Gasteiger charge is 2.53. The molecule has 2 aromatic carbocycles. The Morgan fingerprint density at radius 1 is 0.871 bits per heavy atom. The van der Waals surface area contributed by atoms with E-state index in [0.29, 0.717) is 12.1 Å². The smallest absolute Gasteiger partial charge is 0.490 e. The van der Waals surface area contributed by atoms with E-state index in [9.17, 15) is 26.3 Å². The lowest BCUT2D eigenvalue weighted by Gasteiger charge is -2.32. The Labute approximate surface area is 175 Å². The molecule has 0 atom stereocenters. The summed E-state index contributed by atoms with van der Waals surface area (Å²) in [6.07, 6.45) is -5.03. The molecule has 1 aliphatic rings. The van der Waals surface area contributed by atoms with Gasteiger partial charge in [0.05, 0.1) is 23.9 Å². The van der Waals surface area contributed by atoms with E-state index >= 15 is 0 Å². The van der Waals surface area contributed by atoms with Crippen molar-refractivity contribution in [2.45, 2.75) is 45.1 Å². The average molecular weight is 448 g/mol. The summed E-state index contributed by atoms with van der Waals surface area (Å²) in [4.78, 5) is 0. The van der Waals surface area contributed by atoms with Crippen LogP contribution >= 0.6 is 0 Å². The van der Waals surface area contributed by atoms with Gasteiger partial charge in [-0.2, -0.15) is 17.6 Å². The van der Waals surface area contributed by atoms with Gasteiger partial charge < -0.3 is 18.8 Å². The number of methoxy groups -OCH3 is 1. The van der Waals surface area contributed by atoms with Crippen molar-refractivity contribution >= 4 is 12.6 Å². The number of alkyl halides is 3. The van der Waals surface area contributed by atoms with E-state index in [1.54, 1.807) is 27.7 Å². The van der Waals surface area contributed by atoms with Crippen LogP contribution in [-0.2, 0) is 15.5 Å². The summed E-state index contributed by atoms with van der Waals surface area (Å²) in [6.45, 7) is 6.80. The Hall–Kier alpha value is -2.40. The SMILES string of the molecule is COc1c(Oc2cc(C(F)(F)F)c(F)cc2B2OC(C)(C)C(C)(C)O2)ccc(F)c1F. The van der Waals surface area contributed by atoms with Crippen LogP contribution < -0.4 is 14.9 Å². The maximum Gasteiger partial charge on any atom is 0.498 e. The van der Waals surface area contributed by atoms with Gasteiger partial charge in [0.1, 0.15) is 11.6 Å². The molecular weight excluding hydrogens is 429 g/mol. The van der Waals surface area contributed by atoms with Crippen LogP contribution in [0.5, 0.6) is 17.2 Å². The minimum absolute atomic E-state index is 0.198. The van der Waals surface area contributed by atoms with Crippen LogP contribution in [0.25, 0.3) is 0 Å². The van der Waals surface area contributed by atoms with E-state index in [1.807, 2.05) is 0 Å². The Morgan fingerprint density at radius 3 is 1.97 bits per heavy atom. The van der Waals surface area contributed by atoms with Gasteiger partial charge >= 0.3 is 13.3 Å². The molecule has 0 saturated carbocycles. The number of benzene rings is 2. The van der Waals surface area contributed by atoms with Crippen molar-refractivity contribution in [2.75, 3.05) is 7.11 Å². The molecule has 1 heterocycles. The molecule has 3 rings (SSSR count). The van der Waals surface area contributed by atoms with E-state index < -0.39 is 64.8 Å². The highest BCUT2D eigenvalue weighted by molar-refractivity contribution is 6.63. The molecule has 168 valence electrons. The van der Waals surface area contributed by atoms with E-state index in [2.05, 4.69) is 0 Å². The van der Waals surface area contributed by atoms with Crippen molar-refractivity contribution in [1.82, 2.24) is 0 Å². The standard InChI is InChI=1S/C20H19BF6O4/c1-18(2)19(3,4)31-21(30-18)11-9-13(23)10(20(25,26)27)8-15(11)29-14-7-6-12(22)16(24)17(14)28-5/h6-9H,1-5H3. The first kappa shape index (κ1) is 23.3. The van der Waals surface area contributed by atoms with Crippen molar-refractivity contribution < 1.29 is 45.1 Å². The quantitative estimate of drug-likeness (QED) is 0.475. The van der Waals surface area contributed by atoms with Gasteiger partial charge in [-0.05, 0) is 52.0 Å². The van der Waals surface area contributed by atoms with Gasteiger partial charge in [-0.1, -0.05) is 0 Å². The van der Waals surface area contributed by atoms with Gasteiger partial charge in [-0.3, -0.25) is 0 Å². The Bertz CT molecular complexity index is 990. The molecule has 1 saturated heterocycles. The normalized spacial score (nSPS) is 17.7. The summed E-state index contributed by atoms with van der Waals surface area (Å²) < 4.78 is 104. The summed E-state index contributed by atoms with van der Waals surface area (Å²) in [7, 11) is -0.251. The third-order valence-corrected chi connectivity index (χ3v) is 5.35. The van der Waals surface area contributed by atoms with Crippen LogP contribution in [0.15, 0.2) is 24.3 Å². The van der Waals surface area contributed by atoms with Crippen LogP contribution in [-0.4, -0.2) is 25.4 Å². The fraction of sp³-hybridized carbons (Fsp3) is 0.400. The molecule has 0 amide bonds. The molecule has 1 aliphatic heterocycles. The molecule has 1 fully saturated rings. The molecule has 0 bridgehead atoms. The second-order valence-corrected chi connectivity index (χ2v) is 7.95. The first-order valence-electron chi connectivity index (χ1n) is 9.14. The molecule has 0 aliphatic carbocycles. The molecule has 0 radical (unpaired) electrons. The summed E-state index contributed by atoms with van der Waals surface area (Å²) >= 11 is 0. The van der Waals surface area contributed by atoms with E-state index in [0.717, 1.165) is 19.2 Å². The van der Waals surface area contributed by atoms with E-state index in [4.69, 9.17) is 18.8 Å². The Morgan fingerprint density at radius 2 is 1.45 bits per heavy atom. The van der Waals surface area contributed by atoms with Crippen LogP contribution in [0.4, 0.5) is 26.3 Å². The zero-order valence-corrected chi connectivity index (χ0v) is 17.3. The van der Waals surface area contributed by atoms with Crippen LogP contribution in [0.2, 0.25) is 0 Å². The second kappa shape index (κ2) is 7.63. The van der Waals surface area contributed by atoms with Gasteiger partial charge in [0, 0.05) is 5.46 Å². The number of rotatable bonds is 4. The fourth-order valence-corrected chi connectivity index (χ4v) is 2.93. The largest absolute Gasteiger partial charge is 0.498 e. The van der Waals surface area contributed by atoms with Gasteiger partial charge in [0.15, 0.2) is 11.6 Å². The summed E-state index contributed by atoms with van der Waals surface area (Å²) in [5.74, 6) is -5.81. The maximum atomic E-state index is 14.3. The molecule has 0 spiro atoms. The fourth-order valence-electron chi connectivity index (χ4n) is 2.93. The molecule has 0 unspecified atom stereocenters. The number of halogens is 6. The predicted octanol–water partition coefficient (Wildman–Crippen LogP) is 5.22. The number of hydrogen-bond acceptors (Lipinski definition) is 4. The van der Waals surface area contributed by atoms with Crippen molar-refractivity contribution in [3.63, 3.8) is 0 Å². The molecule has 4 nitrogen and oxygen atoms in total. The molecule has 31 heavy (non-hydrogen) atoms. The van der Waals surface area contributed by atoms with Gasteiger partial charge in [-0.25, -0.2) is 8.78 Å². The number of hydrogen-bond donors (Lipinski definition) is 0. The lowest BCUT2D eigenvalue weighted by molar-refractivity contribution is -0.140. The average Bonchev–Trinajstić information content (AvgIpc) is 2.86. The van der Waals surface area contributed by atoms with Crippen LogP contribution in [0.1, 0.15) is 33.3 Å². The zero-order valence-electron chi connectivity index (χ0n) is 17.3. The highest BCUT2D eigenvalue weighted by atomic mass is 19.4. The van der Waals surface area contributed by atoms with Crippen LogP contribution in [0, 0.1) is 17.5 Å². The van der Waals surface area contributed by atoms with Gasteiger partial charge in [0.25, 0.3) is 0 Å². The third kappa shape index (κ3) is 4.20. The third-order valence-electron chi connectivity index (χ3n) is 5.35. The topological polar surface area (TPSA) is 36.9 Å². The predicted molar refractivity (Wildman–Crippen MR) is 100 cm³/mol. The molecule has 0 aromatic heterocycles. The highest BCUT2D eigenvalue weighted by Crippen LogP contribution is 2.41. The summed E-state index contributed by atoms with van der Waals surface area (Å²) in [6, 6.07) is 2.70. The minimum Gasteiger partial charge on any atom is -0.490 e. The lowest BCUT2D eigenvalue weighted by Crippen LogP contribution is -2.41. The minimum atomic E-state index is -5.03. The zero-order chi connectivity index (χ0) is 23.4. The Balaban J connectivity index is 2.15. The Kier molecular flexibility index (Phi) is 5.73. The maximum absolute atomic E-state index is 14.3. The lowest BCUT2D eigenvalue weighted by atomic mass is 9.77. The molecule has 11 heteroatoms. The molecule has 0 N–H and O–H groups in total. The van der Waals surface area contributed by atoms with Crippen molar-refractivity contribution in [1.29, 1.82) is 0 Å². The van der Waals surface area contributed by atoms with Gasteiger partial charge in [-0.15, -0.1) is 0 Å².